The van der Waals surface area contributed by atoms with Crippen molar-refractivity contribution in [2.45, 2.75) is 0 Å². The van der Waals surface area contributed by atoms with E-state index in [1.165, 1.54) is 0 Å². The summed E-state index contributed by atoms with van der Waals surface area (Å²) >= 11 is 7.10. The molecule has 0 unspecified atom stereocenters. The molecule has 0 aliphatic rings. The Balaban J connectivity index is 2.00. The Morgan fingerprint density at radius 2 is 2.14 bits per heavy atom. The molecule has 104 valence electrons. The van der Waals surface area contributed by atoms with Gasteiger partial charge >= 0.3 is 0 Å². The fourth-order valence-corrected chi connectivity index (χ4v) is 3.48. The fraction of sp³-hybridized carbons (Fsp3) is 0.0667. The smallest absolute Gasteiger partial charge is 0.182 e. The zero-order valence-corrected chi connectivity index (χ0v) is 12.8. The standard InChI is InChI=1S/C15H11N3OS2/c1-19-10-3-5-13-12(7-10)17-15(20)18(13)9-2-4-11-14(6-9)21-8-16-11/h2-8H,1H3,(H,17,20). The lowest BCUT2D eigenvalue weighted by Gasteiger charge is -2.05. The van der Waals surface area contributed by atoms with Crippen molar-refractivity contribution < 1.29 is 4.74 Å². The van der Waals surface area contributed by atoms with E-state index in [1.54, 1.807) is 18.4 Å². The number of fused-ring (bicyclic) bond motifs is 2. The van der Waals surface area contributed by atoms with Crippen molar-refractivity contribution in [3.8, 4) is 11.4 Å². The molecule has 0 aliphatic carbocycles. The van der Waals surface area contributed by atoms with Crippen LogP contribution >= 0.6 is 23.6 Å². The van der Waals surface area contributed by atoms with Gasteiger partial charge in [-0.1, -0.05) is 0 Å². The molecule has 0 amide bonds. The van der Waals surface area contributed by atoms with Crippen molar-refractivity contribution in [3.05, 3.63) is 46.7 Å². The van der Waals surface area contributed by atoms with Crippen LogP contribution in [0.3, 0.4) is 0 Å². The van der Waals surface area contributed by atoms with Crippen LogP contribution in [0, 0.1) is 4.77 Å². The van der Waals surface area contributed by atoms with Crippen molar-refractivity contribution in [3.63, 3.8) is 0 Å². The zero-order chi connectivity index (χ0) is 14.4. The summed E-state index contributed by atoms with van der Waals surface area (Å²) in [6.07, 6.45) is 0. The Morgan fingerprint density at radius 3 is 3.00 bits per heavy atom. The molecule has 4 aromatic rings. The summed E-state index contributed by atoms with van der Waals surface area (Å²) in [7, 11) is 1.66. The maximum Gasteiger partial charge on any atom is 0.182 e. The molecule has 1 N–H and O–H groups in total. The number of imidazole rings is 1. The summed E-state index contributed by atoms with van der Waals surface area (Å²) in [6.45, 7) is 0. The molecule has 0 saturated heterocycles. The lowest BCUT2D eigenvalue weighted by atomic mass is 10.2. The molecule has 0 spiro atoms. The lowest BCUT2D eigenvalue weighted by molar-refractivity contribution is 0.415. The van der Waals surface area contributed by atoms with E-state index in [2.05, 4.69) is 16.0 Å². The topological polar surface area (TPSA) is 42.8 Å². The maximum absolute atomic E-state index is 5.47. The van der Waals surface area contributed by atoms with E-state index < -0.39 is 0 Å². The van der Waals surface area contributed by atoms with Crippen molar-refractivity contribution in [1.82, 2.24) is 14.5 Å². The molecule has 0 aliphatic heterocycles. The number of hydrogen-bond donors (Lipinski definition) is 1. The molecule has 2 aromatic heterocycles. The molecule has 2 heterocycles. The first-order valence-corrected chi connectivity index (χ1v) is 7.67. The second kappa shape index (κ2) is 4.68. The van der Waals surface area contributed by atoms with Crippen LogP contribution in [0.4, 0.5) is 0 Å². The monoisotopic (exact) mass is 313 g/mol. The number of nitrogens with one attached hydrogen (secondary N) is 1. The van der Waals surface area contributed by atoms with Gasteiger partial charge in [0, 0.05) is 11.8 Å². The van der Waals surface area contributed by atoms with Crippen LogP contribution in [-0.2, 0) is 0 Å². The van der Waals surface area contributed by atoms with Gasteiger partial charge in [-0.05, 0) is 42.5 Å². The Morgan fingerprint density at radius 1 is 1.24 bits per heavy atom. The highest BCUT2D eigenvalue weighted by Gasteiger charge is 2.08. The lowest BCUT2D eigenvalue weighted by Crippen LogP contribution is -1.93. The molecule has 0 saturated carbocycles. The van der Waals surface area contributed by atoms with Gasteiger partial charge in [0.15, 0.2) is 4.77 Å². The minimum absolute atomic E-state index is 0.669. The predicted octanol–water partition coefficient (Wildman–Crippen LogP) is 4.31. The van der Waals surface area contributed by atoms with Gasteiger partial charge in [0.2, 0.25) is 0 Å². The molecule has 4 rings (SSSR count). The second-order valence-electron chi connectivity index (χ2n) is 4.65. The number of methoxy groups -OCH3 is 1. The maximum atomic E-state index is 5.47. The minimum atomic E-state index is 0.669. The zero-order valence-electron chi connectivity index (χ0n) is 11.2. The van der Waals surface area contributed by atoms with Crippen LogP contribution in [0.15, 0.2) is 41.9 Å². The molecule has 0 fully saturated rings. The van der Waals surface area contributed by atoms with Crippen LogP contribution in [0.5, 0.6) is 5.75 Å². The van der Waals surface area contributed by atoms with Gasteiger partial charge in [-0.25, -0.2) is 4.98 Å². The number of aromatic amines is 1. The summed E-state index contributed by atoms with van der Waals surface area (Å²) < 4.78 is 9.10. The summed E-state index contributed by atoms with van der Waals surface area (Å²) in [6, 6.07) is 12.1. The summed E-state index contributed by atoms with van der Waals surface area (Å²) in [5, 5.41) is 0. The molecular weight excluding hydrogens is 302 g/mol. The number of thiazole rings is 1. The van der Waals surface area contributed by atoms with Crippen LogP contribution in [0.1, 0.15) is 0 Å². The summed E-state index contributed by atoms with van der Waals surface area (Å²) in [5.74, 6) is 0.809. The highest BCUT2D eigenvalue weighted by atomic mass is 32.1. The molecule has 4 nitrogen and oxygen atoms in total. The number of benzene rings is 2. The number of H-pyrrole nitrogens is 1. The van der Waals surface area contributed by atoms with Gasteiger partial charge in [-0.15, -0.1) is 11.3 Å². The Hall–Kier alpha value is -2.18. The SMILES string of the molecule is COc1ccc2c(c1)[nH]c(=S)n2-c1ccc2ncsc2c1. The molecule has 21 heavy (non-hydrogen) atoms. The molecule has 6 heteroatoms. The second-order valence-corrected chi connectivity index (χ2v) is 5.93. The van der Waals surface area contributed by atoms with Gasteiger partial charge in [-0.3, -0.25) is 4.57 Å². The molecule has 0 bridgehead atoms. The van der Waals surface area contributed by atoms with E-state index >= 15 is 0 Å². The molecule has 0 radical (unpaired) electrons. The molecule has 2 aromatic carbocycles. The first kappa shape index (κ1) is 12.6. The third kappa shape index (κ3) is 1.95. The summed E-state index contributed by atoms with van der Waals surface area (Å²) in [5.41, 5.74) is 5.90. The predicted molar refractivity (Wildman–Crippen MR) is 88.2 cm³/mol. The highest BCUT2D eigenvalue weighted by molar-refractivity contribution is 7.71. The largest absolute Gasteiger partial charge is 0.497 e. The number of rotatable bonds is 2. The third-order valence-corrected chi connectivity index (χ3v) is 4.54. The average molecular weight is 313 g/mol. The molecule has 0 atom stereocenters. The van der Waals surface area contributed by atoms with E-state index in [0.29, 0.717) is 4.77 Å². The Bertz CT molecular complexity index is 1010. The van der Waals surface area contributed by atoms with Crippen LogP contribution < -0.4 is 4.74 Å². The van der Waals surface area contributed by atoms with Crippen molar-refractivity contribution in [1.29, 1.82) is 0 Å². The Kier molecular flexibility index (Phi) is 2.80. The van der Waals surface area contributed by atoms with E-state index in [0.717, 1.165) is 32.7 Å². The summed E-state index contributed by atoms with van der Waals surface area (Å²) in [4.78, 5) is 7.54. The number of ether oxygens (including phenoxy) is 1. The highest BCUT2D eigenvalue weighted by Crippen LogP contribution is 2.26. The van der Waals surface area contributed by atoms with Gasteiger partial charge in [0.25, 0.3) is 0 Å². The first-order valence-electron chi connectivity index (χ1n) is 6.39. The van der Waals surface area contributed by atoms with Crippen molar-refractivity contribution >= 4 is 44.8 Å². The van der Waals surface area contributed by atoms with Crippen LogP contribution in [0.2, 0.25) is 0 Å². The van der Waals surface area contributed by atoms with Crippen molar-refractivity contribution in [2.75, 3.05) is 7.11 Å². The number of nitrogens with zero attached hydrogens (tertiary/aromatic N) is 2. The van der Waals surface area contributed by atoms with Gasteiger partial charge in [0.1, 0.15) is 5.75 Å². The average Bonchev–Trinajstić information content (AvgIpc) is 3.08. The Labute approximate surface area is 129 Å². The van der Waals surface area contributed by atoms with E-state index in [-0.39, 0.29) is 0 Å². The minimum Gasteiger partial charge on any atom is -0.497 e. The fourth-order valence-electron chi connectivity index (χ4n) is 2.46. The van der Waals surface area contributed by atoms with E-state index in [1.807, 2.05) is 40.4 Å². The van der Waals surface area contributed by atoms with Gasteiger partial charge < -0.3 is 9.72 Å². The van der Waals surface area contributed by atoms with E-state index in [9.17, 15) is 0 Å². The van der Waals surface area contributed by atoms with Crippen LogP contribution in [-0.4, -0.2) is 21.6 Å². The first-order chi connectivity index (χ1) is 10.3. The van der Waals surface area contributed by atoms with Crippen molar-refractivity contribution in [2.24, 2.45) is 0 Å². The van der Waals surface area contributed by atoms with E-state index in [4.69, 9.17) is 17.0 Å². The van der Waals surface area contributed by atoms with Gasteiger partial charge in [0.05, 0.1) is 33.9 Å². The quantitative estimate of drug-likeness (QED) is 0.561. The van der Waals surface area contributed by atoms with Crippen LogP contribution in [0.25, 0.3) is 26.9 Å². The number of aromatic nitrogens is 3. The number of hydrogen-bond acceptors (Lipinski definition) is 4. The molecular formula is C15H11N3OS2. The third-order valence-electron chi connectivity index (χ3n) is 3.46. The normalized spacial score (nSPS) is 11.3. The van der Waals surface area contributed by atoms with Gasteiger partial charge in [-0.2, -0.15) is 0 Å².